The number of anilines is 2. The lowest BCUT2D eigenvalue weighted by Crippen LogP contribution is -2.14. The summed E-state index contributed by atoms with van der Waals surface area (Å²) in [5.74, 6) is 0.654. The van der Waals surface area contributed by atoms with Crippen molar-refractivity contribution in [3.8, 4) is 0 Å². The lowest BCUT2D eigenvalue weighted by Gasteiger charge is -2.12. The lowest BCUT2D eigenvalue weighted by atomic mass is 10.1. The zero-order chi connectivity index (χ0) is 17.7. The Morgan fingerprint density at radius 3 is 2.17 bits per heavy atom. The Hall–Kier alpha value is -2.01. The second-order valence-corrected chi connectivity index (χ2v) is 8.21. The van der Waals surface area contributed by atoms with Gasteiger partial charge in [0, 0.05) is 17.9 Å². The first-order chi connectivity index (χ1) is 11.3. The van der Waals surface area contributed by atoms with Crippen LogP contribution in [0.3, 0.4) is 0 Å². The van der Waals surface area contributed by atoms with Crippen LogP contribution >= 0.6 is 0 Å². The minimum absolute atomic E-state index is 0.312. The molecule has 0 bridgehead atoms. The summed E-state index contributed by atoms with van der Waals surface area (Å²) >= 11 is 0. The second kappa shape index (κ2) is 7.71. The third-order valence-corrected chi connectivity index (χ3v) is 5.35. The van der Waals surface area contributed by atoms with E-state index in [-0.39, 0.29) is 0 Å². The van der Waals surface area contributed by atoms with Crippen LogP contribution in [0.1, 0.15) is 31.4 Å². The van der Waals surface area contributed by atoms with E-state index >= 15 is 0 Å². The fourth-order valence-corrected chi connectivity index (χ4v) is 3.76. The van der Waals surface area contributed by atoms with E-state index in [9.17, 15) is 8.42 Å². The van der Waals surface area contributed by atoms with Crippen molar-refractivity contribution in [1.82, 2.24) is 0 Å². The topological polar surface area (TPSA) is 58.2 Å². The highest BCUT2D eigenvalue weighted by Crippen LogP contribution is 2.21. The van der Waals surface area contributed by atoms with Gasteiger partial charge in [0.2, 0.25) is 0 Å². The Labute approximate surface area is 145 Å². The van der Waals surface area contributed by atoms with Crippen molar-refractivity contribution in [2.24, 2.45) is 5.92 Å². The Balaban J connectivity index is 2.07. The van der Waals surface area contributed by atoms with E-state index in [1.807, 2.05) is 38.1 Å². The summed E-state index contributed by atoms with van der Waals surface area (Å²) in [5, 5.41) is 3.34. The molecule has 0 radical (unpaired) electrons. The molecule has 0 unspecified atom stereocenters. The van der Waals surface area contributed by atoms with E-state index in [1.165, 1.54) is 0 Å². The minimum Gasteiger partial charge on any atom is -0.385 e. The van der Waals surface area contributed by atoms with E-state index < -0.39 is 10.0 Å². The molecule has 2 rings (SSSR count). The van der Waals surface area contributed by atoms with Gasteiger partial charge in [-0.2, -0.15) is 0 Å². The quantitative estimate of drug-likeness (QED) is 0.772. The van der Waals surface area contributed by atoms with Gasteiger partial charge in [0.05, 0.1) is 4.90 Å². The van der Waals surface area contributed by atoms with Crippen LogP contribution in [0.4, 0.5) is 11.4 Å². The van der Waals surface area contributed by atoms with Crippen molar-refractivity contribution >= 4 is 21.4 Å². The summed E-state index contributed by atoms with van der Waals surface area (Å²) in [6.07, 6.45) is 1.10. The number of hydrogen-bond donors (Lipinski definition) is 2. The van der Waals surface area contributed by atoms with Gasteiger partial charge in [-0.3, -0.25) is 4.72 Å². The molecular weight excluding hydrogens is 320 g/mol. The molecule has 0 atom stereocenters. The van der Waals surface area contributed by atoms with Crippen LogP contribution in [-0.2, 0) is 10.0 Å². The minimum atomic E-state index is -3.57. The first-order valence-corrected chi connectivity index (χ1v) is 9.70. The fraction of sp³-hybridized carbons (Fsp3) is 0.368. The van der Waals surface area contributed by atoms with Gasteiger partial charge in [-0.05, 0) is 62.1 Å². The van der Waals surface area contributed by atoms with Gasteiger partial charge in [0.25, 0.3) is 10.0 Å². The molecule has 0 saturated carbocycles. The van der Waals surface area contributed by atoms with E-state index in [0.29, 0.717) is 16.5 Å². The predicted octanol–water partition coefficient (Wildman–Crippen LogP) is 4.56. The number of aryl methyl sites for hydroxylation is 2. The smallest absolute Gasteiger partial charge is 0.262 e. The van der Waals surface area contributed by atoms with Crippen molar-refractivity contribution in [2.75, 3.05) is 16.6 Å². The molecular formula is C19H26N2O2S. The van der Waals surface area contributed by atoms with Gasteiger partial charge in [-0.25, -0.2) is 8.42 Å². The molecule has 0 aliphatic heterocycles. The maximum Gasteiger partial charge on any atom is 0.262 e. The Kier molecular flexibility index (Phi) is 5.89. The molecule has 2 aromatic carbocycles. The van der Waals surface area contributed by atoms with Crippen LogP contribution in [0.5, 0.6) is 0 Å². The van der Waals surface area contributed by atoms with Crippen LogP contribution in [0.15, 0.2) is 47.4 Å². The molecule has 0 heterocycles. The summed E-state index contributed by atoms with van der Waals surface area (Å²) in [6, 6.07) is 12.7. The number of benzene rings is 2. The van der Waals surface area contributed by atoms with Gasteiger partial charge in [0.1, 0.15) is 0 Å². The fourth-order valence-electron chi connectivity index (χ4n) is 2.47. The Morgan fingerprint density at radius 1 is 0.958 bits per heavy atom. The highest BCUT2D eigenvalue weighted by atomic mass is 32.2. The van der Waals surface area contributed by atoms with Gasteiger partial charge in [0.15, 0.2) is 0 Å². The van der Waals surface area contributed by atoms with Gasteiger partial charge in [-0.1, -0.05) is 31.5 Å². The summed E-state index contributed by atoms with van der Waals surface area (Å²) in [7, 11) is -3.57. The normalized spacial score (nSPS) is 11.5. The summed E-state index contributed by atoms with van der Waals surface area (Å²) in [5.41, 5.74) is 3.34. The van der Waals surface area contributed by atoms with Gasteiger partial charge >= 0.3 is 0 Å². The van der Waals surface area contributed by atoms with E-state index in [0.717, 1.165) is 29.8 Å². The maximum atomic E-state index is 12.5. The Bertz CT molecular complexity index is 782. The highest BCUT2D eigenvalue weighted by Gasteiger charge is 2.16. The average Bonchev–Trinajstić information content (AvgIpc) is 2.48. The van der Waals surface area contributed by atoms with Crippen LogP contribution in [-0.4, -0.2) is 15.0 Å². The summed E-state index contributed by atoms with van der Waals surface area (Å²) in [4.78, 5) is 0.312. The van der Waals surface area contributed by atoms with Gasteiger partial charge in [-0.15, -0.1) is 0 Å². The molecule has 0 aliphatic carbocycles. The van der Waals surface area contributed by atoms with E-state index in [2.05, 4.69) is 23.9 Å². The standard InChI is InChI=1S/C19H26N2O2S/c1-14(2)11-12-20-17-6-8-18(9-7-17)21-24(22,23)19-10-5-15(3)13-16(19)4/h5-10,13-14,20-21H,11-12H2,1-4H3. The first kappa shape index (κ1) is 18.3. The molecule has 2 N–H and O–H groups in total. The SMILES string of the molecule is Cc1ccc(S(=O)(=O)Nc2ccc(NCCC(C)C)cc2)c(C)c1. The molecule has 0 aliphatic rings. The van der Waals surface area contributed by atoms with Crippen molar-refractivity contribution in [1.29, 1.82) is 0 Å². The van der Waals surface area contributed by atoms with E-state index in [1.54, 1.807) is 18.2 Å². The van der Waals surface area contributed by atoms with Crippen molar-refractivity contribution < 1.29 is 8.42 Å². The monoisotopic (exact) mass is 346 g/mol. The van der Waals surface area contributed by atoms with E-state index in [4.69, 9.17) is 0 Å². The largest absolute Gasteiger partial charge is 0.385 e. The summed E-state index contributed by atoms with van der Waals surface area (Å²) < 4.78 is 27.7. The Morgan fingerprint density at radius 2 is 1.58 bits per heavy atom. The second-order valence-electron chi connectivity index (χ2n) is 6.56. The molecule has 0 aromatic heterocycles. The van der Waals surface area contributed by atoms with Crippen LogP contribution in [0, 0.1) is 19.8 Å². The first-order valence-electron chi connectivity index (χ1n) is 8.22. The molecule has 4 nitrogen and oxygen atoms in total. The lowest BCUT2D eigenvalue weighted by molar-refractivity contribution is 0.600. The maximum absolute atomic E-state index is 12.5. The van der Waals surface area contributed by atoms with Crippen molar-refractivity contribution in [2.45, 2.75) is 39.0 Å². The van der Waals surface area contributed by atoms with Crippen molar-refractivity contribution in [3.05, 3.63) is 53.6 Å². The average molecular weight is 346 g/mol. The molecule has 130 valence electrons. The third-order valence-electron chi connectivity index (χ3n) is 3.81. The number of sulfonamides is 1. The highest BCUT2D eigenvalue weighted by molar-refractivity contribution is 7.92. The van der Waals surface area contributed by atoms with Crippen LogP contribution < -0.4 is 10.0 Å². The van der Waals surface area contributed by atoms with Crippen LogP contribution in [0.25, 0.3) is 0 Å². The molecule has 0 amide bonds. The molecule has 24 heavy (non-hydrogen) atoms. The molecule has 0 saturated heterocycles. The number of hydrogen-bond acceptors (Lipinski definition) is 3. The molecule has 5 heteroatoms. The van der Waals surface area contributed by atoms with Gasteiger partial charge < -0.3 is 5.32 Å². The molecule has 0 spiro atoms. The zero-order valence-electron chi connectivity index (χ0n) is 14.8. The predicted molar refractivity (Wildman–Crippen MR) is 101 cm³/mol. The third kappa shape index (κ3) is 4.99. The summed E-state index contributed by atoms with van der Waals surface area (Å²) in [6.45, 7) is 9.04. The number of nitrogens with one attached hydrogen (secondary N) is 2. The van der Waals surface area contributed by atoms with Crippen molar-refractivity contribution in [3.63, 3.8) is 0 Å². The van der Waals surface area contributed by atoms with Crippen LogP contribution in [0.2, 0.25) is 0 Å². The zero-order valence-corrected chi connectivity index (χ0v) is 15.6. The number of rotatable bonds is 7. The molecule has 2 aromatic rings. The molecule has 0 fully saturated rings.